The van der Waals surface area contributed by atoms with Crippen molar-refractivity contribution in [1.82, 2.24) is 4.90 Å². The fourth-order valence-corrected chi connectivity index (χ4v) is 3.69. The monoisotopic (exact) mass is 317 g/mol. The van der Waals surface area contributed by atoms with E-state index in [0.717, 1.165) is 55.2 Å². The highest BCUT2D eigenvalue weighted by Gasteiger charge is 2.38. The molecular formula is C17H23N3O3. The third-order valence-corrected chi connectivity index (χ3v) is 5.08. The van der Waals surface area contributed by atoms with Crippen LogP contribution in [-0.4, -0.2) is 49.8 Å². The Morgan fingerprint density at radius 3 is 2.61 bits per heavy atom. The molecule has 1 aromatic carbocycles. The van der Waals surface area contributed by atoms with Gasteiger partial charge in [0.1, 0.15) is 6.04 Å². The third kappa shape index (κ3) is 2.41. The van der Waals surface area contributed by atoms with E-state index in [4.69, 9.17) is 9.47 Å². The molecule has 0 aromatic heterocycles. The number of hydrogen-bond acceptors (Lipinski definition) is 5. The maximum absolute atomic E-state index is 13.0. The maximum atomic E-state index is 13.0. The van der Waals surface area contributed by atoms with Crippen LogP contribution in [0.2, 0.25) is 0 Å². The van der Waals surface area contributed by atoms with Gasteiger partial charge in [0.05, 0.1) is 11.4 Å². The molecule has 23 heavy (non-hydrogen) atoms. The topological polar surface area (TPSA) is 54.0 Å². The van der Waals surface area contributed by atoms with Gasteiger partial charge in [-0.15, -0.1) is 0 Å². The number of anilines is 2. The lowest BCUT2D eigenvalue weighted by Crippen LogP contribution is -2.54. The summed E-state index contributed by atoms with van der Waals surface area (Å²) in [4.78, 5) is 17.3. The van der Waals surface area contributed by atoms with Crippen LogP contribution in [-0.2, 0) is 4.79 Å². The Morgan fingerprint density at radius 2 is 1.91 bits per heavy atom. The third-order valence-electron chi connectivity index (χ3n) is 5.08. The molecule has 1 aromatic rings. The highest BCUT2D eigenvalue weighted by molar-refractivity contribution is 6.06. The minimum Gasteiger partial charge on any atom is -0.454 e. The number of nitrogens with zero attached hydrogens (tertiary/aromatic N) is 2. The number of fused-ring (bicyclic) bond motifs is 2. The molecule has 4 rings (SSSR count). The van der Waals surface area contributed by atoms with Gasteiger partial charge in [-0.2, -0.15) is 0 Å². The molecule has 3 aliphatic heterocycles. The summed E-state index contributed by atoms with van der Waals surface area (Å²) >= 11 is 0. The Bertz CT molecular complexity index is 626. The van der Waals surface area contributed by atoms with E-state index in [1.165, 1.54) is 0 Å². The Balaban J connectivity index is 1.73. The average molecular weight is 317 g/mol. The number of carbonyl (C=O) groups is 1. The molecule has 0 saturated carbocycles. The van der Waals surface area contributed by atoms with E-state index in [-0.39, 0.29) is 24.8 Å². The first kappa shape index (κ1) is 14.6. The maximum Gasteiger partial charge on any atom is 0.249 e. The molecule has 6 nitrogen and oxygen atoms in total. The van der Waals surface area contributed by atoms with Gasteiger partial charge in [0.25, 0.3) is 0 Å². The van der Waals surface area contributed by atoms with Crippen LogP contribution in [0.5, 0.6) is 11.5 Å². The molecule has 1 N–H and O–H groups in total. The van der Waals surface area contributed by atoms with Crippen LogP contribution in [0.15, 0.2) is 12.1 Å². The van der Waals surface area contributed by atoms with Gasteiger partial charge < -0.3 is 24.6 Å². The second kappa shape index (κ2) is 5.60. The number of likely N-dealkylation sites (tertiary alicyclic amines) is 1. The summed E-state index contributed by atoms with van der Waals surface area (Å²) in [7, 11) is 2.14. The summed E-state index contributed by atoms with van der Waals surface area (Å²) in [6.07, 6.45) is 2.79. The molecule has 1 atom stereocenters. The summed E-state index contributed by atoms with van der Waals surface area (Å²) in [6.45, 7) is 4.34. The summed E-state index contributed by atoms with van der Waals surface area (Å²) in [5.41, 5.74) is 1.90. The van der Waals surface area contributed by atoms with E-state index < -0.39 is 0 Å². The van der Waals surface area contributed by atoms with Crippen LogP contribution in [0, 0.1) is 0 Å². The van der Waals surface area contributed by atoms with E-state index in [9.17, 15) is 4.79 Å². The molecule has 1 unspecified atom stereocenters. The van der Waals surface area contributed by atoms with E-state index in [0.29, 0.717) is 0 Å². The van der Waals surface area contributed by atoms with Crippen molar-refractivity contribution in [2.24, 2.45) is 0 Å². The van der Waals surface area contributed by atoms with Crippen LogP contribution in [0.1, 0.15) is 26.2 Å². The summed E-state index contributed by atoms with van der Waals surface area (Å²) in [5.74, 6) is 1.66. The van der Waals surface area contributed by atoms with E-state index in [2.05, 4.69) is 17.3 Å². The predicted molar refractivity (Wildman–Crippen MR) is 88.3 cm³/mol. The Hall–Kier alpha value is -1.95. The van der Waals surface area contributed by atoms with Crippen molar-refractivity contribution >= 4 is 17.3 Å². The standard InChI is InChI=1S/C17H23N3O3/c1-3-12-17(21)20(11-4-6-19(2)7-5-11)14-9-16-15(22-10-23-16)8-13(14)18-12/h8-9,11-12,18H,3-7,10H2,1-2H3. The highest BCUT2D eigenvalue weighted by atomic mass is 16.7. The lowest BCUT2D eigenvalue weighted by molar-refractivity contribution is -0.120. The minimum atomic E-state index is -0.164. The molecule has 3 heterocycles. The molecule has 6 heteroatoms. The summed E-state index contributed by atoms with van der Waals surface area (Å²) in [5, 5.41) is 3.37. The second-order valence-electron chi connectivity index (χ2n) is 6.57. The van der Waals surface area contributed by atoms with Gasteiger partial charge in [0.2, 0.25) is 12.7 Å². The van der Waals surface area contributed by atoms with E-state index in [1.54, 1.807) is 0 Å². The largest absolute Gasteiger partial charge is 0.454 e. The number of benzene rings is 1. The Morgan fingerprint density at radius 1 is 1.22 bits per heavy atom. The van der Waals surface area contributed by atoms with Crippen LogP contribution in [0.3, 0.4) is 0 Å². The quantitative estimate of drug-likeness (QED) is 0.905. The predicted octanol–water partition coefficient (Wildman–Crippen LogP) is 2.05. The van der Waals surface area contributed by atoms with Crippen LogP contribution in [0.25, 0.3) is 0 Å². The molecule has 1 saturated heterocycles. The first-order chi connectivity index (χ1) is 11.2. The zero-order valence-electron chi connectivity index (χ0n) is 13.7. The van der Waals surface area contributed by atoms with Gasteiger partial charge in [0.15, 0.2) is 11.5 Å². The normalized spacial score (nSPS) is 24.5. The zero-order valence-corrected chi connectivity index (χ0v) is 13.7. The molecule has 1 fully saturated rings. The first-order valence-electron chi connectivity index (χ1n) is 8.39. The van der Waals surface area contributed by atoms with Crippen molar-refractivity contribution in [2.75, 3.05) is 37.1 Å². The van der Waals surface area contributed by atoms with Gasteiger partial charge in [-0.1, -0.05) is 6.92 Å². The first-order valence-corrected chi connectivity index (χ1v) is 8.39. The molecular weight excluding hydrogens is 294 g/mol. The SMILES string of the molecule is CCC1Nc2cc3c(cc2N(C2CCN(C)CC2)C1=O)OCO3. The van der Waals surface area contributed by atoms with Crippen molar-refractivity contribution in [1.29, 1.82) is 0 Å². The van der Waals surface area contributed by atoms with Gasteiger partial charge in [-0.05, 0) is 39.4 Å². The van der Waals surface area contributed by atoms with Gasteiger partial charge >= 0.3 is 0 Å². The number of rotatable bonds is 2. The Kier molecular flexibility index (Phi) is 3.56. The van der Waals surface area contributed by atoms with Gasteiger partial charge in [0, 0.05) is 18.2 Å². The number of ether oxygens (including phenoxy) is 2. The van der Waals surface area contributed by atoms with Crippen molar-refractivity contribution in [2.45, 2.75) is 38.3 Å². The fraction of sp³-hybridized carbons (Fsp3) is 0.588. The number of amides is 1. The van der Waals surface area contributed by atoms with Crippen LogP contribution < -0.4 is 19.7 Å². The van der Waals surface area contributed by atoms with E-state index in [1.807, 2.05) is 24.0 Å². The van der Waals surface area contributed by atoms with E-state index >= 15 is 0 Å². The molecule has 0 aliphatic carbocycles. The highest BCUT2D eigenvalue weighted by Crippen LogP contribution is 2.44. The summed E-state index contributed by atoms with van der Waals surface area (Å²) in [6, 6.07) is 4.01. The number of hydrogen-bond donors (Lipinski definition) is 1. The fourth-order valence-electron chi connectivity index (χ4n) is 3.69. The average Bonchev–Trinajstić information content (AvgIpc) is 3.01. The number of piperidine rings is 1. The number of nitrogens with one attached hydrogen (secondary N) is 1. The molecule has 0 bridgehead atoms. The molecule has 3 aliphatic rings. The van der Waals surface area contributed by atoms with Crippen LogP contribution in [0.4, 0.5) is 11.4 Å². The smallest absolute Gasteiger partial charge is 0.249 e. The molecule has 124 valence electrons. The van der Waals surface area contributed by atoms with Crippen LogP contribution >= 0.6 is 0 Å². The molecule has 1 amide bonds. The Labute approximate surface area is 136 Å². The lowest BCUT2D eigenvalue weighted by atomic mass is 9.98. The second-order valence-corrected chi connectivity index (χ2v) is 6.57. The molecule has 0 spiro atoms. The zero-order chi connectivity index (χ0) is 16.0. The number of carbonyl (C=O) groups excluding carboxylic acids is 1. The van der Waals surface area contributed by atoms with Crippen molar-refractivity contribution in [3.8, 4) is 11.5 Å². The lowest BCUT2D eigenvalue weighted by Gasteiger charge is -2.42. The van der Waals surface area contributed by atoms with Crippen molar-refractivity contribution in [3.63, 3.8) is 0 Å². The van der Waals surface area contributed by atoms with Crippen molar-refractivity contribution in [3.05, 3.63) is 12.1 Å². The van der Waals surface area contributed by atoms with Gasteiger partial charge in [-0.25, -0.2) is 0 Å². The van der Waals surface area contributed by atoms with Crippen molar-refractivity contribution < 1.29 is 14.3 Å². The minimum absolute atomic E-state index is 0.164. The summed E-state index contributed by atoms with van der Waals surface area (Å²) < 4.78 is 11.0. The molecule has 0 radical (unpaired) electrons. The van der Waals surface area contributed by atoms with Gasteiger partial charge in [-0.3, -0.25) is 4.79 Å².